The topological polar surface area (TPSA) is 91.2 Å². The maximum atomic E-state index is 10.5. The molecule has 0 aliphatic heterocycles. The Morgan fingerprint density at radius 1 is 1.20 bits per heavy atom. The van der Waals surface area contributed by atoms with Gasteiger partial charge in [-0.15, -0.1) is 0 Å². The van der Waals surface area contributed by atoms with Gasteiger partial charge in [0.05, 0.1) is 24.1 Å². The number of benzene rings is 1. The first-order chi connectivity index (χ1) is 9.67. The zero-order valence-corrected chi connectivity index (χ0v) is 11.5. The summed E-state index contributed by atoms with van der Waals surface area (Å²) in [5.74, 6) is 1.17. The fourth-order valence-corrected chi connectivity index (χ4v) is 1.34. The predicted molar refractivity (Wildman–Crippen MR) is 80.7 cm³/mol. The van der Waals surface area contributed by atoms with Crippen LogP contribution < -0.4 is 16.2 Å². The molecule has 0 radical (unpaired) electrons. The summed E-state index contributed by atoms with van der Waals surface area (Å²) in [4.78, 5) is 14.2. The van der Waals surface area contributed by atoms with Crippen molar-refractivity contribution in [2.45, 2.75) is 13.3 Å². The summed E-state index contributed by atoms with van der Waals surface area (Å²) in [5, 5.41) is 0. The molecular weight excluding hydrogens is 254 g/mol. The van der Waals surface area contributed by atoms with Gasteiger partial charge in [0.2, 0.25) is 0 Å². The number of hydrogen-bond acceptors (Lipinski definition) is 5. The molecule has 0 saturated carbocycles. The van der Waals surface area contributed by atoms with E-state index in [1.54, 1.807) is 24.3 Å². The summed E-state index contributed by atoms with van der Waals surface area (Å²) in [5.41, 5.74) is 11.8. The molecule has 1 aromatic carbocycles. The second-order valence-corrected chi connectivity index (χ2v) is 4.02. The maximum absolute atomic E-state index is 10.5. The van der Waals surface area contributed by atoms with Crippen molar-refractivity contribution in [2.75, 3.05) is 18.1 Å². The van der Waals surface area contributed by atoms with Gasteiger partial charge in [-0.3, -0.25) is 4.79 Å². The first-order valence-corrected chi connectivity index (χ1v) is 6.31. The zero-order chi connectivity index (χ0) is 14.8. The van der Waals surface area contributed by atoms with Crippen LogP contribution in [0.3, 0.4) is 0 Å². The third-order valence-corrected chi connectivity index (χ3v) is 2.32. The molecule has 0 saturated heterocycles. The molecule has 106 valence electrons. The number of pyridine rings is 1. The van der Waals surface area contributed by atoms with Crippen molar-refractivity contribution < 1.29 is 9.53 Å². The van der Waals surface area contributed by atoms with Crippen LogP contribution in [0.25, 0.3) is 0 Å². The molecule has 0 atom stereocenters. The van der Waals surface area contributed by atoms with Gasteiger partial charge < -0.3 is 16.2 Å². The smallest absolute Gasteiger partial charge is 0.153 e. The van der Waals surface area contributed by atoms with Crippen LogP contribution in [-0.2, 0) is 0 Å². The number of aromatic nitrogens is 1. The van der Waals surface area contributed by atoms with Gasteiger partial charge in [0.1, 0.15) is 11.6 Å². The monoisotopic (exact) mass is 273 g/mol. The standard InChI is InChI=1S/C10H12O2.C5H7N3/c1-2-7-12-10-6-4-3-5-9(10)8-11;6-4-1-2-5(7)8-3-4/h3-6,8H,2,7H2,1H3;1-3H,6H2,(H2,7,8). The lowest BCUT2D eigenvalue weighted by atomic mass is 10.2. The quantitative estimate of drug-likeness (QED) is 0.835. The van der Waals surface area contributed by atoms with E-state index in [2.05, 4.69) is 4.98 Å². The van der Waals surface area contributed by atoms with E-state index in [-0.39, 0.29) is 0 Å². The van der Waals surface area contributed by atoms with E-state index in [9.17, 15) is 4.79 Å². The molecule has 1 aromatic heterocycles. The lowest BCUT2D eigenvalue weighted by Gasteiger charge is -2.05. The Hall–Kier alpha value is -2.56. The fourth-order valence-electron chi connectivity index (χ4n) is 1.34. The summed E-state index contributed by atoms with van der Waals surface area (Å²) in [6.07, 6.45) is 3.29. The molecule has 20 heavy (non-hydrogen) atoms. The highest BCUT2D eigenvalue weighted by Crippen LogP contribution is 2.15. The third kappa shape index (κ3) is 5.39. The number of ether oxygens (including phenoxy) is 1. The first kappa shape index (κ1) is 15.5. The Labute approximate surface area is 118 Å². The summed E-state index contributed by atoms with van der Waals surface area (Å²) < 4.78 is 5.35. The van der Waals surface area contributed by atoms with Crippen molar-refractivity contribution in [2.24, 2.45) is 0 Å². The van der Waals surface area contributed by atoms with Gasteiger partial charge in [-0.25, -0.2) is 4.98 Å². The molecule has 0 unspecified atom stereocenters. The molecule has 0 aliphatic carbocycles. The van der Waals surface area contributed by atoms with Crippen LogP contribution in [0.1, 0.15) is 23.7 Å². The number of nitrogens with zero attached hydrogens (tertiary/aromatic N) is 1. The Morgan fingerprint density at radius 2 is 1.95 bits per heavy atom. The minimum absolute atomic E-state index is 0.499. The van der Waals surface area contributed by atoms with Crippen LogP contribution in [0, 0.1) is 0 Å². The van der Waals surface area contributed by atoms with Gasteiger partial charge in [0.25, 0.3) is 0 Å². The van der Waals surface area contributed by atoms with Crippen LogP contribution in [0.2, 0.25) is 0 Å². The number of rotatable bonds is 4. The van der Waals surface area contributed by atoms with Crippen molar-refractivity contribution >= 4 is 17.8 Å². The van der Waals surface area contributed by atoms with Gasteiger partial charge in [0, 0.05) is 0 Å². The van der Waals surface area contributed by atoms with Gasteiger partial charge >= 0.3 is 0 Å². The van der Waals surface area contributed by atoms with Crippen LogP contribution >= 0.6 is 0 Å². The molecule has 5 nitrogen and oxygen atoms in total. The highest BCUT2D eigenvalue weighted by Gasteiger charge is 1.98. The summed E-state index contributed by atoms with van der Waals surface area (Å²) in [7, 11) is 0. The molecule has 0 spiro atoms. The minimum Gasteiger partial charge on any atom is -0.493 e. The second kappa shape index (κ2) is 8.53. The van der Waals surface area contributed by atoms with Crippen LogP contribution in [-0.4, -0.2) is 17.9 Å². The largest absolute Gasteiger partial charge is 0.493 e. The van der Waals surface area contributed by atoms with Crippen LogP contribution in [0.4, 0.5) is 11.5 Å². The Morgan fingerprint density at radius 3 is 2.50 bits per heavy atom. The molecule has 0 fully saturated rings. The van der Waals surface area contributed by atoms with Gasteiger partial charge in [0.15, 0.2) is 6.29 Å². The van der Waals surface area contributed by atoms with E-state index in [1.807, 2.05) is 19.1 Å². The zero-order valence-electron chi connectivity index (χ0n) is 11.5. The van der Waals surface area contributed by atoms with Gasteiger partial charge in [-0.1, -0.05) is 19.1 Å². The van der Waals surface area contributed by atoms with Crippen LogP contribution in [0.15, 0.2) is 42.6 Å². The number of nitrogens with two attached hydrogens (primary N) is 2. The molecule has 5 heteroatoms. The highest BCUT2D eigenvalue weighted by atomic mass is 16.5. The lowest BCUT2D eigenvalue weighted by molar-refractivity contribution is 0.111. The molecule has 0 bridgehead atoms. The Kier molecular flexibility index (Phi) is 6.61. The molecule has 0 amide bonds. The highest BCUT2D eigenvalue weighted by molar-refractivity contribution is 5.79. The molecule has 4 N–H and O–H groups in total. The molecule has 2 rings (SSSR count). The Bertz CT molecular complexity index is 506. The average Bonchev–Trinajstić information content (AvgIpc) is 2.49. The van der Waals surface area contributed by atoms with Crippen molar-refractivity contribution in [3.8, 4) is 5.75 Å². The molecular formula is C15H19N3O2. The van der Waals surface area contributed by atoms with Crippen molar-refractivity contribution in [3.63, 3.8) is 0 Å². The normalized spacial score (nSPS) is 9.25. The van der Waals surface area contributed by atoms with Crippen LogP contribution in [0.5, 0.6) is 5.75 Å². The number of para-hydroxylation sites is 1. The van der Waals surface area contributed by atoms with E-state index in [0.717, 1.165) is 12.7 Å². The summed E-state index contributed by atoms with van der Waals surface area (Å²) in [6.45, 7) is 2.69. The van der Waals surface area contributed by atoms with Gasteiger partial charge in [-0.2, -0.15) is 0 Å². The fraction of sp³-hybridized carbons (Fsp3) is 0.200. The lowest BCUT2D eigenvalue weighted by Crippen LogP contribution is -1.97. The number of carbonyl (C=O) groups excluding carboxylic acids is 1. The van der Waals surface area contributed by atoms with Crippen molar-refractivity contribution in [1.29, 1.82) is 0 Å². The van der Waals surface area contributed by atoms with E-state index < -0.39 is 0 Å². The number of aldehydes is 1. The summed E-state index contributed by atoms with van der Waals surface area (Å²) >= 11 is 0. The number of hydrogen-bond donors (Lipinski definition) is 2. The maximum Gasteiger partial charge on any atom is 0.153 e. The minimum atomic E-state index is 0.499. The number of anilines is 2. The molecule has 1 heterocycles. The van der Waals surface area contributed by atoms with E-state index >= 15 is 0 Å². The molecule has 2 aromatic rings. The predicted octanol–water partition coefficient (Wildman–Crippen LogP) is 2.53. The first-order valence-electron chi connectivity index (χ1n) is 6.31. The molecule has 0 aliphatic rings. The number of carbonyl (C=O) groups is 1. The summed E-state index contributed by atoms with van der Waals surface area (Å²) in [6, 6.07) is 10.6. The SMILES string of the molecule is CCCOc1ccccc1C=O.Nc1ccc(N)nc1. The van der Waals surface area contributed by atoms with Crippen molar-refractivity contribution in [1.82, 2.24) is 4.98 Å². The van der Waals surface area contributed by atoms with Gasteiger partial charge in [-0.05, 0) is 30.7 Å². The number of nitrogen functional groups attached to an aromatic ring is 2. The van der Waals surface area contributed by atoms with E-state index in [4.69, 9.17) is 16.2 Å². The third-order valence-electron chi connectivity index (χ3n) is 2.32. The second-order valence-electron chi connectivity index (χ2n) is 4.02. The van der Waals surface area contributed by atoms with E-state index in [0.29, 0.717) is 29.4 Å². The van der Waals surface area contributed by atoms with E-state index in [1.165, 1.54) is 6.20 Å². The van der Waals surface area contributed by atoms with Crippen molar-refractivity contribution in [3.05, 3.63) is 48.2 Å². The Balaban J connectivity index is 0.000000217. The average molecular weight is 273 g/mol.